The molecule has 2 heterocycles. The molecule has 1 N–H and O–H groups in total. The number of rotatable bonds is 7. The number of hydrogen-bond donors (Lipinski definition) is 1. The number of ether oxygens (including phenoxy) is 2. The first-order valence-electron chi connectivity index (χ1n) is 10.1. The van der Waals surface area contributed by atoms with Crippen LogP contribution in [0.5, 0.6) is 5.75 Å². The van der Waals surface area contributed by atoms with Gasteiger partial charge in [-0.05, 0) is 43.3 Å². The Kier molecular flexibility index (Phi) is 6.73. The number of nitrogens with one attached hydrogen (secondary N) is 1. The summed E-state index contributed by atoms with van der Waals surface area (Å²) in [5.74, 6) is 0.611. The molecular weight excluding hydrogens is 414 g/mol. The average molecular weight is 440 g/mol. The van der Waals surface area contributed by atoms with E-state index in [0.29, 0.717) is 10.9 Å². The molecule has 31 heavy (non-hydrogen) atoms. The molecule has 1 saturated heterocycles. The second-order valence-corrected chi connectivity index (χ2v) is 8.36. The standard InChI is InChI=1S/C22H25N5O3S/c1-16(31-22-25-23-15-27(22)19-5-3-4-6-20(19)29-2)21(28)24-17-7-9-18(10-8-17)26-11-13-30-14-12-26/h3-10,15-16H,11-14H2,1-2H3,(H,24,28)/t16-/m0/s1. The lowest BCUT2D eigenvalue weighted by atomic mass is 10.2. The van der Waals surface area contributed by atoms with E-state index in [2.05, 4.69) is 20.4 Å². The highest BCUT2D eigenvalue weighted by Crippen LogP contribution is 2.29. The second kappa shape index (κ2) is 9.84. The van der Waals surface area contributed by atoms with Gasteiger partial charge in [0.05, 0.1) is 31.3 Å². The zero-order valence-electron chi connectivity index (χ0n) is 17.5. The number of morpholine rings is 1. The lowest BCUT2D eigenvalue weighted by Crippen LogP contribution is -2.36. The Balaban J connectivity index is 1.40. The highest BCUT2D eigenvalue weighted by molar-refractivity contribution is 8.00. The molecule has 4 rings (SSSR count). The fourth-order valence-corrected chi connectivity index (χ4v) is 4.17. The van der Waals surface area contributed by atoms with Crippen molar-refractivity contribution in [3.8, 4) is 11.4 Å². The molecule has 1 aliphatic rings. The van der Waals surface area contributed by atoms with Gasteiger partial charge in [0.2, 0.25) is 5.91 Å². The predicted molar refractivity (Wildman–Crippen MR) is 121 cm³/mol. The maximum atomic E-state index is 12.8. The summed E-state index contributed by atoms with van der Waals surface area (Å²) in [5, 5.41) is 11.4. The minimum absolute atomic E-state index is 0.0984. The number of hydrogen-bond acceptors (Lipinski definition) is 7. The van der Waals surface area contributed by atoms with Crippen molar-refractivity contribution in [3.63, 3.8) is 0 Å². The summed E-state index contributed by atoms with van der Waals surface area (Å²) in [6.45, 7) is 5.10. The van der Waals surface area contributed by atoms with Crippen LogP contribution in [-0.4, -0.2) is 59.3 Å². The first-order chi connectivity index (χ1) is 15.2. The summed E-state index contributed by atoms with van der Waals surface area (Å²) in [6, 6.07) is 15.5. The molecule has 1 aromatic heterocycles. The van der Waals surface area contributed by atoms with Crippen molar-refractivity contribution >= 4 is 29.0 Å². The van der Waals surface area contributed by atoms with E-state index in [1.54, 1.807) is 13.4 Å². The van der Waals surface area contributed by atoms with Crippen molar-refractivity contribution in [2.24, 2.45) is 0 Å². The zero-order valence-corrected chi connectivity index (χ0v) is 18.3. The van der Waals surface area contributed by atoms with E-state index in [0.717, 1.165) is 43.4 Å². The summed E-state index contributed by atoms with van der Waals surface area (Å²) in [5.41, 5.74) is 2.72. The van der Waals surface area contributed by atoms with Crippen LogP contribution in [0.25, 0.3) is 5.69 Å². The van der Waals surface area contributed by atoms with E-state index in [9.17, 15) is 4.79 Å². The highest BCUT2D eigenvalue weighted by Gasteiger charge is 2.20. The van der Waals surface area contributed by atoms with Crippen molar-refractivity contribution in [3.05, 3.63) is 54.9 Å². The van der Waals surface area contributed by atoms with Gasteiger partial charge in [0, 0.05) is 24.5 Å². The van der Waals surface area contributed by atoms with Crippen molar-refractivity contribution in [1.29, 1.82) is 0 Å². The number of benzene rings is 2. The SMILES string of the molecule is COc1ccccc1-n1cnnc1S[C@@H](C)C(=O)Nc1ccc(N2CCOCC2)cc1. The molecule has 1 atom stereocenters. The number of carbonyl (C=O) groups is 1. The monoisotopic (exact) mass is 439 g/mol. The Bertz CT molecular complexity index is 1020. The van der Waals surface area contributed by atoms with Gasteiger partial charge in [-0.25, -0.2) is 0 Å². The molecule has 162 valence electrons. The Labute approximate surface area is 185 Å². The van der Waals surface area contributed by atoms with Crippen LogP contribution in [0, 0.1) is 0 Å². The summed E-state index contributed by atoms with van der Waals surface area (Å²) < 4.78 is 12.7. The molecule has 2 aromatic carbocycles. The van der Waals surface area contributed by atoms with E-state index >= 15 is 0 Å². The number of anilines is 2. The summed E-state index contributed by atoms with van der Waals surface area (Å²) >= 11 is 1.34. The Morgan fingerprint density at radius 3 is 2.65 bits per heavy atom. The molecule has 0 aliphatic carbocycles. The van der Waals surface area contributed by atoms with Crippen molar-refractivity contribution in [2.75, 3.05) is 43.6 Å². The van der Waals surface area contributed by atoms with Crippen molar-refractivity contribution < 1.29 is 14.3 Å². The van der Waals surface area contributed by atoms with E-state index in [-0.39, 0.29) is 11.2 Å². The first-order valence-corrected chi connectivity index (χ1v) is 11.0. The van der Waals surface area contributed by atoms with E-state index in [4.69, 9.17) is 9.47 Å². The van der Waals surface area contributed by atoms with E-state index in [1.165, 1.54) is 11.8 Å². The summed E-state index contributed by atoms with van der Waals surface area (Å²) in [4.78, 5) is 15.0. The number of para-hydroxylation sites is 2. The van der Waals surface area contributed by atoms with Gasteiger partial charge >= 0.3 is 0 Å². The number of carbonyl (C=O) groups excluding carboxylic acids is 1. The maximum Gasteiger partial charge on any atom is 0.237 e. The van der Waals surface area contributed by atoms with Crippen LogP contribution in [0.1, 0.15) is 6.92 Å². The third-order valence-electron chi connectivity index (χ3n) is 5.02. The summed E-state index contributed by atoms with van der Waals surface area (Å²) in [7, 11) is 1.62. The third kappa shape index (κ3) is 5.00. The lowest BCUT2D eigenvalue weighted by molar-refractivity contribution is -0.115. The van der Waals surface area contributed by atoms with Crippen LogP contribution >= 0.6 is 11.8 Å². The quantitative estimate of drug-likeness (QED) is 0.566. The first kappa shape index (κ1) is 21.2. The van der Waals surface area contributed by atoms with Gasteiger partial charge in [-0.2, -0.15) is 0 Å². The largest absolute Gasteiger partial charge is 0.495 e. The zero-order chi connectivity index (χ0) is 21.6. The van der Waals surface area contributed by atoms with E-state index in [1.807, 2.05) is 60.0 Å². The van der Waals surface area contributed by atoms with Crippen molar-refractivity contribution in [1.82, 2.24) is 14.8 Å². The fraction of sp³-hybridized carbons (Fsp3) is 0.318. The molecular formula is C22H25N5O3S. The second-order valence-electron chi connectivity index (χ2n) is 7.05. The lowest BCUT2D eigenvalue weighted by Gasteiger charge is -2.28. The van der Waals surface area contributed by atoms with Crippen LogP contribution < -0.4 is 15.0 Å². The van der Waals surface area contributed by atoms with Gasteiger partial charge < -0.3 is 19.7 Å². The normalized spacial score (nSPS) is 14.8. The van der Waals surface area contributed by atoms with Crippen LogP contribution in [-0.2, 0) is 9.53 Å². The van der Waals surface area contributed by atoms with Crippen LogP contribution in [0.15, 0.2) is 60.0 Å². The van der Waals surface area contributed by atoms with Gasteiger partial charge in [0.1, 0.15) is 12.1 Å². The van der Waals surface area contributed by atoms with E-state index < -0.39 is 0 Å². The maximum absolute atomic E-state index is 12.8. The predicted octanol–water partition coefficient (Wildman–Crippen LogP) is 3.23. The number of methoxy groups -OCH3 is 1. The Morgan fingerprint density at radius 2 is 1.90 bits per heavy atom. The van der Waals surface area contributed by atoms with Gasteiger partial charge in [-0.15, -0.1) is 10.2 Å². The van der Waals surface area contributed by atoms with Crippen LogP contribution in [0.3, 0.4) is 0 Å². The van der Waals surface area contributed by atoms with Crippen LogP contribution in [0.4, 0.5) is 11.4 Å². The molecule has 0 bridgehead atoms. The van der Waals surface area contributed by atoms with Gasteiger partial charge in [-0.3, -0.25) is 9.36 Å². The van der Waals surface area contributed by atoms with Gasteiger partial charge in [-0.1, -0.05) is 23.9 Å². The fourth-order valence-electron chi connectivity index (χ4n) is 3.33. The Hall–Kier alpha value is -3.04. The highest BCUT2D eigenvalue weighted by atomic mass is 32.2. The smallest absolute Gasteiger partial charge is 0.237 e. The minimum atomic E-state index is -0.364. The molecule has 0 radical (unpaired) electrons. The van der Waals surface area contributed by atoms with Gasteiger partial charge in [0.15, 0.2) is 5.16 Å². The Morgan fingerprint density at radius 1 is 1.16 bits per heavy atom. The van der Waals surface area contributed by atoms with Crippen molar-refractivity contribution in [2.45, 2.75) is 17.3 Å². The number of nitrogens with zero attached hydrogens (tertiary/aromatic N) is 4. The molecule has 0 unspecified atom stereocenters. The molecule has 1 amide bonds. The molecule has 3 aromatic rings. The average Bonchev–Trinajstić information content (AvgIpc) is 3.28. The number of aromatic nitrogens is 3. The van der Waals surface area contributed by atoms with Gasteiger partial charge in [0.25, 0.3) is 0 Å². The number of thioether (sulfide) groups is 1. The third-order valence-corrected chi connectivity index (χ3v) is 6.08. The molecule has 0 spiro atoms. The molecule has 9 heteroatoms. The van der Waals surface area contributed by atoms with Crippen LogP contribution in [0.2, 0.25) is 0 Å². The molecule has 0 saturated carbocycles. The minimum Gasteiger partial charge on any atom is -0.495 e. The molecule has 1 aliphatic heterocycles. The summed E-state index contributed by atoms with van der Waals surface area (Å²) in [6.07, 6.45) is 1.62. The molecule has 1 fully saturated rings. The topological polar surface area (TPSA) is 81.5 Å². The number of amides is 1. The molecule has 8 nitrogen and oxygen atoms in total.